The lowest BCUT2D eigenvalue weighted by Gasteiger charge is -2.23. The van der Waals surface area contributed by atoms with Gasteiger partial charge in [0.05, 0.1) is 0 Å². The van der Waals surface area contributed by atoms with Gasteiger partial charge in [0.15, 0.2) is 0 Å². The van der Waals surface area contributed by atoms with E-state index in [1.54, 1.807) is 0 Å². The minimum absolute atomic E-state index is 0.939. The molecule has 0 N–H and O–H groups in total. The van der Waals surface area contributed by atoms with Crippen LogP contribution in [0.3, 0.4) is 0 Å². The maximum absolute atomic E-state index is 3.54. The Morgan fingerprint density at radius 3 is 2.00 bits per heavy atom. The average Bonchev–Trinajstić information content (AvgIpc) is 2.46. The number of allylic oxidation sites excluding steroid dienone is 2. The molecule has 0 spiro atoms. The second-order valence-corrected chi connectivity index (χ2v) is 7.06. The minimum atomic E-state index is 0.939. The quantitative estimate of drug-likeness (QED) is 0.564. The molecule has 0 bridgehead atoms. The highest BCUT2D eigenvalue weighted by Crippen LogP contribution is 2.25. The van der Waals surface area contributed by atoms with Crippen LogP contribution < -0.4 is 4.90 Å². The molecule has 0 aliphatic heterocycles. The summed E-state index contributed by atoms with van der Waals surface area (Å²) in [5, 5.41) is 2.54. The number of benzene rings is 2. The Kier molecular flexibility index (Phi) is 5.84. The molecule has 2 rings (SSSR count). The molecule has 2 heteroatoms. The predicted molar refractivity (Wildman–Crippen MR) is 103 cm³/mol. The Hall–Kier alpha value is -1.54. The summed E-state index contributed by atoms with van der Waals surface area (Å²) in [6, 6.07) is 13.1. The highest BCUT2D eigenvalue weighted by atomic mass is 79.9. The van der Waals surface area contributed by atoms with Gasteiger partial charge in [-0.3, -0.25) is 0 Å². The van der Waals surface area contributed by atoms with Crippen LogP contribution in [0.15, 0.2) is 64.2 Å². The first kappa shape index (κ1) is 16.8. The molecule has 0 atom stereocenters. The summed E-state index contributed by atoms with van der Waals surface area (Å²) < 4.78 is 1.12. The van der Waals surface area contributed by atoms with Gasteiger partial charge in [-0.05, 0) is 62.7 Å². The van der Waals surface area contributed by atoms with Crippen LogP contribution in [0.25, 0.3) is 10.8 Å². The number of hydrogen-bond acceptors (Lipinski definition) is 1. The maximum Gasteiger partial charge on any atom is 0.0378 e. The first-order valence-electron chi connectivity index (χ1n) is 7.66. The Balaban J connectivity index is 2.34. The lowest BCUT2D eigenvalue weighted by atomic mass is 10.1. The van der Waals surface area contributed by atoms with Gasteiger partial charge in [0.1, 0.15) is 0 Å². The topological polar surface area (TPSA) is 3.24 Å². The molecule has 0 aliphatic carbocycles. The highest BCUT2D eigenvalue weighted by Gasteiger charge is 2.05. The van der Waals surface area contributed by atoms with Gasteiger partial charge in [0.25, 0.3) is 0 Å². The fraction of sp³-hybridized carbons (Fsp3) is 0.300. The number of anilines is 1. The summed E-state index contributed by atoms with van der Waals surface area (Å²) in [4.78, 5) is 2.40. The molecule has 22 heavy (non-hydrogen) atoms. The fourth-order valence-corrected chi connectivity index (χ4v) is 2.65. The first-order valence-corrected chi connectivity index (χ1v) is 8.46. The molecule has 1 nitrogen and oxygen atoms in total. The molecular formula is C20H24BrN. The van der Waals surface area contributed by atoms with Gasteiger partial charge in [0, 0.05) is 23.2 Å². The summed E-state index contributed by atoms with van der Waals surface area (Å²) in [5.41, 5.74) is 3.98. The average molecular weight is 358 g/mol. The molecule has 0 radical (unpaired) electrons. The van der Waals surface area contributed by atoms with E-state index in [2.05, 4.69) is 97.1 Å². The predicted octanol–water partition coefficient (Wildman–Crippen LogP) is 6.34. The van der Waals surface area contributed by atoms with E-state index in [1.165, 1.54) is 27.6 Å². The van der Waals surface area contributed by atoms with Crippen LogP contribution in [-0.4, -0.2) is 13.1 Å². The maximum atomic E-state index is 3.54. The summed E-state index contributed by atoms with van der Waals surface area (Å²) in [5.74, 6) is 0. The van der Waals surface area contributed by atoms with E-state index in [-0.39, 0.29) is 0 Å². The van der Waals surface area contributed by atoms with Gasteiger partial charge in [-0.25, -0.2) is 0 Å². The molecule has 0 saturated heterocycles. The first-order chi connectivity index (χ1) is 10.5. The number of rotatable bonds is 5. The van der Waals surface area contributed by atoms with Gasteiger partial charge in [0.2, 0.25) is 0 Å². The monoisotopic (exact) mass is 357 g/mol. The van der Waals surface area contributed by atoms with E-state index in [9.17, 15) is 0 Å². The second kappa shape index (κ2) is 7.64. The molecule has 0 aromatic heterocycles. The van der Waals surface area contributed by atoms with Crippen LogP contribution in [0.5, 0.6) is 0 Å². The van der Waals surface area contributed by atoms with Crippen molar-refractivity contribution >= 4 is 32.4 Å². The summed E-state index contributed by atoms with van der Waals surface area (Å²) >= 11 is 3.54. The Morgan fingerprint density at radius 2 is 1.41 bits per heavy atom. The number of fused-ring (bicyclic) bond motifs is 1. The van der Waals surface area contributed by atoms with Gasteiger partial charge in [-0.1, -0.05) is 51.4 Å². The van der Waals surface area contributed by atoms with Crippen molar-refractivity contribution < 1.29 is 0 Å². The van der Waals surface area contributed by atoms with Crippen molar-refractivity contribution in [3.63, 3.8) is 0 Å². The summed E-state index contributed by atoms with van der Waals surface area (Å²) in [6.45, 7) is 10.5. The minimum Gasteiger partial charge on any atom is -0.364 e. The van der Waals surface area contributed by atoms with Gasteiger partial charge < -0.3 is 4.90 Å². The molecule has 0 aliphatic rings. The van der Waals surface area contributed by atoms with Crippen LogP contribution in [-0.2, 0) is 0 Å². The molecule has 0 saturated carbocycles. The van der Waals surface area contributed by atoms with E-state index >= 15 is 0 Å². The van der Waals surface area contributed by atoms with E-state index in [4.69, 9.17) is 0 Å². The zero-order valence-corrected chi connectivity index (χ0v) is 15.4. The SMILES string of the molecule is CC(C)=CCN(CC=C(C)C)c1ccc2cc(Br)ccc2c1. The van der Waals surface area contributed by atoms with Crippen molar-refractivity contribution in [3.8, 4) is 0 Å². The number of nitrogens with zero attached hydrogens (tertiary/aromatic N) is 1. The standard InChI is InChI=1S/C20H24BrN/c1-15(2)9-11-22(12-10-16(3)4)20-8-6-17-13-19(21)7-5-18(17)14-20/h5-10,13-14H,11-12H2,1-4H3. The van der Waals surface area contributed by atoms with E-state index in [0.29, 0.717) is 0 Å². The molecular weight excluding hydrogens is 334 g/mol. The zero-order chi connectivity index (χ0) is 16.1. The van der Waals surface area contributed by atoms with Crippen LogP contribution >= 0.6 is 15.9 Å². The van der Waals surface area contributed by atoms with E-state index < -0.39 is 0 Å². The van der Waals surface area contributed by atoms with Crippen molar-refractivity contribution in [2.45, 2.75) is 27.7 Å². The number of hydrogen-bond donors (Lipinski definition) is 0. The summed E-state index contributed by atoms with van der Waals surface area (Å²) in [6.07, 6.45) is 4.56. The third-order valence-electron chi connectivity index (χ3n) is 3.59. The lowest BCUT2D eigenvalue weighted by molar-refractivity contribution is 0.942. The Bertz CT molecular complexity index is 685. The Labute approximate surface area is 142 Å². The van der Waals surface area contributed by atoms with Crippen molar-refractivity contribution in [1.82, 2.24) is 0 Å². The smallest absolute Gasteiger partial charge is 0.0378 e. The summed E-state index contributed by atoms with van der Waals surface area (Å²) in [7, 11) is 0. The van der Waals surface area contributed by atoms with Crippen molar-refractivity contribution in [1.29, 1.82) is 0 Å². The lowest BCUT2D eigenvalue weighted by Crippen LogP contribution is -2.23. The molecule has 2 aromatic carbocycles. The molecule has 0 heterocycles. The largest absolute Gasteiger partial charge is 0.364 e. The van der Waals surface area contributed by atoms with Gasteiger partial charge in [-0.15, -0.1) is 0 Å². The van der Waals surface area contributed by atoms with Crippen molar-refractivity contribution in [3.05, 3.63) is 64.2 Å². The second-order valence-electron chi connectivity index (χ2n) is 6.14. The van der Waals surface area contributed by atoms with Crippen molar-refractivity contribution in [2.24, 2.45) is 0 Å². The molecule has 116 valence electrons. The highest BCUT2D eigenvalue weighted by molar-refractivity contribution is 9.10. The molecule has 2 aromatic rings. The van der Waals surface area contributed by atoms with Crippen molar-refractivity contribution in [2.75, 3.05) is 18.0 Å². The van der Waals surface area contributed by atoms with Crippen LogP contribution in [0.1, 0.15) is 27.7 Å². The third kappa shape index (κ3) is 4.74. The number of halogens is 1. The third-order valence-corrected chi connectivity index (χ3v) is 4.08. The van der Waals surface area contributed by atoms with Crippen LogP contribution in [0.4, 0.5) is 5.69 Å². The molecule has 0 unspecified atom stereocenters. The molecule has 0 fully saturated rings. The van der Waals surface area contributed by atoms with E-state index in [1.807, 2.05) is 0 Å². The normalized spacial score (nSPS) is 10.4. The Morgan fingerprint density at radius 1 is 0.864 bits per heavy atom. The zero-order valence-electron chi connectivity index (χ0n) is 13.9. The van der Waals surface area contributed by atoms with Gasteiger partial charge in [-0.2, -0.15) is 0 Å². The van der Waals surface area contributed by atoms with Gasteiger partial charge >= 0.3 is 0 Å². The van der Waals surface area contributed by atoms with Crippen LogP contribution in [0, 0.1) is 0 Å². The van der Waals surface area contributed by atoms with Crippen LogP contribution in [0.2, 0.25) is 0 Å². The molecule has 0 amide bonds. The fourth-order valence-electron chi connectivity index (χ4n) is 2.27. The van der Waals surface area contributed by atoms with E-state index in [0.717, 1.165) is 17.6 Å².